The molecule has 0 aliphatic carbocycles. The first-order chi connectivity index (χ1) is 11.3. The summed E-state index contributed by atoms with van der Waals surface area (Å²) in [7, 11) is -6.83. The Morgan fingerprint density at radius 1 is 1.21 bits per heavy atom. The summed E-state index contributed by atoms with van der Waals surface area (Å²) in [5.41, 5.74) is 0. The van der Waals surface area contributed by atoms with E-state index in [1.165, 1.54) is 16.4 Å². The van der Waals surface area contributed by atoms with Gasteiger partial charge in [0.2, 0.25) is 5.09 Å². The van der Waals surface area contributed by atoms with E-state index in [-0.39, 0.29) is 22.4 Å². The van der Waals surface area contributed by atoms with Gasteiger partial charge in [-0.25, -0.2) is 16.8 Å². The van der Waals surface area contributed by atoms with Gasteiger partial charge in [0, 0.05) is 19.1 Å². The van der Waals surface area contributed by atoms with Crippen LogP contribution < -0.4 is 5.32 Å². The second-order valence-corrected chi connectivity index (χ2v) is 10.3. The smallest absolute Gasteiger partial charge is 0.287 e. The maximum atomic E-state index is 12.5. The Hall–Kier alpha value is -1.39. The van der Waals surface area contributed by atoms with Crippen molar-refractivity contribution in [1.82, 2.24) is 9.62 Å². The lowest BCUT2D eigenvalue weighted by Gasteiger charge is -2.24. The van der Waals surface area contributed by atoms with Crippen molar-refractivity contribution in [2.75, 3.05) is 24.6 Å². The van der Waals surface area contributed by atoms with E-state index in [0.717, 1.165) is 19.3 Å². The second kappa shape index (κ2) is 6.49. The van der Waals surface area contributed by atoms with Crippen molar-refractivity contribution in [3.8, 4) is 0 Å². The molecule has 3 rings (SSSR count). The van der Waals surface area contributed by atoms with Gasteiger partial charge >= 0.3 is 0 Å². The Bertz CT molecular complexity index is 821. The molecular formula is C14H20N2O6S2. The molecule has 2 aliphatic heterocycles. The highest BCUT2D eigenvalue weighted by Gasteiger charge is 2.32. The molecule has 10 heteroatoms. The lowest BCUT2D eigenvalue weighted by atomic mass is 10.2. The van der Waals surface area contributed by atoms with E-state index in [1.807, 2.05) is 0 Å². The van der Waals surface area contributed by atoms with Crippen LogP contribution in [0.3, 0.4) is 0 Å². The van der Waals surface area contributed by atoms with Gasteiger partial charge in [-0.2, -0.15) is 4.31 Å². The first kappa shape index (κ1) is 17.4. The fraction of sp³-hybridized carbons (Fsp3) is 0.643. The van der Waals surface area contributed by atoms with Crippen LogP contribution in [0.15, 0.2) is 21.6 Å². The van der Waals surface area contributed by atoms with Gasteiger partial charge in [-0.05, 0) is 31.4 Å². The summed E-state index contributed by atoms with van der Waals surface area (Å²) in [6, 6.07) is 2.11. The van der Waals surface area contributed by atoms with Crippen LogP contribution in [0, 0.1) is 0 Å². The predicted molar refractivity (Wildman–Crippen MR) is 85.8 cm³/mol. The maximum absolute atomic E-state index is 12.5. The summed E-state index contributed by atoms with van der Waals surface area (Å²) in [6.45, 7) is 0.898. The van der Waals surface area contributed by atoms with E-state index in [4.69, 9.17) is 4.42 Å². The van der Waals surface area contributed by atoms with E-state index in [9.17, 15) is 21.6 Å². The number of amides is 1. The number of hydrogen-bond acceptors (Lipinski definition) is 6. The molecule has 2 fully saturated rings. The molecule has 24 heavy (non-hydrogen) atoms. The van der Waals surface area contributed by atoms with Crippen LogP contribution in [-0.2, 0) is 19.9 Å². The molecule has 1 N–H and O–H groups in total. The Morgan fingerprint density at radius 2 is 1.92 bits per heavy atom. The van der Waals surface area contributed by atoms with Crippen LogP contribution in [0.4, 0.5) is 0 Å². The van der Waals surface area contributed by atoms with Crippen LogP contribution in [0.1, 0.15) is 36.2 Å². The normalized spacial score (nSPS) is 24.8. The molecule has 8 nitrogen and oxygen atoms in total. The van der Waals surface area contributed by atoms with Gasteiger partial charge in [0.05, 0.1) is 11.5 Å². The van der Waals surface area contributed by atoms with E-state index in [1.54, 1.807) is 0 Å². The minimum absolute atomic E-state index is 0.0463. The SMILES string of the molecule is O=C(NC1CCS(=O)(=O)C1)c1ccc(S(=O)(=O)N2CCCCC2)o1. The number of piperidine rings is 1. The summed E-state index contributed by atoms with van der Waals surface area (Å²) in [5, 5.41) is 2.32. The Kier molecular flexibility index (Phi) is 4.71. The third-order valence-corrected chi connectivity index (χ3v) is 7.82. The van der Waals surface area contributed by atoms with Crippen molar-refractivity contribution in [2.24, 2.45) is 0 Å². The van der Waals surface area contributed by atoms with Crippen LogP contribution in [0.25, 0.3) is 0 Å². The van der Waals surface area contributed by atoms with Crippen LogP contribution >= 0.6 is 0 Å². The summed E-state index contributed by atoms with van der Waals surface area (Å²) in [4.78, 5) is 12.1. The number of sulfone groups is 1. The molecule has 1 aromatic rings. The van der Waals surface area contributed by atoms with Gasteiger partial charge in [0.15, 0.2) is 15.6 Å². The van der Waals surface area contributed by atoms with Crippen molar-refractivity contribution < 1.29 is 26.0 Å². The molecule has 134 valence electrons. The number of furan rings is 1. The van der Waals surface area contributed by atoms with E-state index < -0.39 is 31.8 Å². The van der Waals surface area contributed by atoms with Crippen LogP contribution in [0.2, 0.25) is 0 Å². The monoisotopic (exact) mass is 376 g/mol. The molecule has 0 radical (unpaired) electrons. The van der Waals surface area contributed by atoms with Crippen LogP contribution in [0.5, 0.6) is 0 Å². The largest absolute Gasteiger partial charge is 0.438 e. The molecule has 0 saturated carbocycles. The van der Waals surface area contributed by atoms with E-state index in [0.29, 0.717) is 19.5 Å². The molecule has 1 aromatic heterocycles. The molecule has 0 bridgehead atoms. The summed E-state index contributed by atoms with van der Waals surface area (Å²) >= 11 is 0. The first-order valence-corrected chi connectivity index (χ1v) is 11.2. The van der Waals surface area contributed by atoms with Gasteiger partial charge in [-0.1, -0.05) is 6.42 Å². The Balaban J connectivity index is 1.69. The number of nitrogens with one attached hydrogen (secondary N) is 1. The molecular weight excluding hydrogens is 356 g/mol. The Labute approximate surface area is 141 Å². The van der Waals surface area contributed by atoms with Gasteiger partial charge < -0.3 is 9.73 Å². The maximum Gasteiger partial charge on any atom is 0.287 e. The number of nitrogens with zero attached hydrogens (tertiary/aromatic N) is 1. The molecule has 2 saturated heterocycles. The number of sulfonamides is 1. The molecule has 3 heterocycles. The lowest BCUT2D eigenvalue weighted by Crippen LogP contribution is -2.36. The van der Waals surface area contributed by atoms with Gasteiger partial charge in [0.1, 0.15) is 0 Å². The minimum atomic E-state index is -3.73. The highest BCUT2D eigenvalue weighted by molar-refractivity contribution is 7.91. The second-order valence-electron chi connectivity index (χ2n) is 6.16. The predicted octanol–water partition coefficient (Wildman–Crippen LogP) is 0.371. The third kappa shape index (κ3) is 3.65. The average molecular weight is 376 g/mol. The third-order valence-electron chi connectivity index (χ3n) is 4.28. The highest BCUT2D eigenvalue weighted by atomic mass is 32.2. The van der Waals surface area contributed by atoms with Crippen molar-refractivity contribution >= 4 is 25.8 Å². The van der Waals surface area contributed by atoms with Gasteiger partial charge in [0.25, 0.3) is 15.9 Å². The molecule has 0 spiro atoms. The zero-order valence-corrected chi connectivity index (χ0v) is 14.7. The standard InChI is InChI=1S/C14H20N2O6S2/c17-14(15-11-6-9-23(18,19)10-11)12-4-5-13(22-12)24(20,21)16-7-2-1-3-8-16/h4-5,11H,1-3,6-10H2,(H,15,17). The van der Waals surface area contributed by atoms with Gasteiger partial charge in [-0.3, -0.25) is 4.79 Å². The first-order valence-electron chi connectivity index (χ1n) is 7.89. The molecule has 1 unspecified atom stereocenters. The van der Waals surface area contributed by atoms with E-state index in [2.05, 4.69) is 5.32 Å². The van der Waals surface area contributed by atoms with Crippen molar-refractivity contribution in [3.63, 3.8) is 0 Å². The summed E-state index contributed by atoms with van der Waals surface area (Å²) in [6.07, 6.45) is 2.97. The van der Waals surface area contributed by atoms with Crippen molar-refractivity contribution in [2.45, 2.75) is 36.8 Å². The molecule has 1 amide bonds. The van der Waals surface area contributed by atoms with Gasteiger partial charge in [-0.15, -0.1) is 0 Å². The quantitative estimate of drug-likeness (QED) is 0.812. The number of carbonyl (C=O) groups excluding carboxylic acids is 1. The Morgan fingerprint density at radius 3 is 2.54 bits per heavy atom. The zero-order chi connectivity index (χ0) is 17.4. The zero-order valence-electron chi connectivity index (χ0n) is 13.1. The minimum Gasteiger partial charge on any atom is -0.438 e. The number of carbonyl (C=O) groups is 1. The van der Waals surface area contributed by atoms with E-state index >= 15 is 0 Å². The number of hydrogen-bond donors (Lipinski definition) is 1. The molecule has 0 aromatic carbocycles. The lowest BCUT2D eigenvalue weighted by molar-refractivity contribution is 0.0907. The molecule has 2 aliphatic rings. The number of rotatable bonds is 4. The summed E-state index contributed by atoms with van der Waals surface area (Å²) < 4.78 is 54.4. The molecule has 1 atom stereocenters. The summed E-state index contributed by atoms with van der Waals surface area (Å²) in [5.74, 6) is -0.782. The van der Waals surface area contributed by atoms with Crippen LogP contribution in [-0.4, -0.2) is 57.7 Å². The van der Waals surface area contributed by atoms with Crippen molar-refractivity contribution in [3.05, 3.63) is 17.9 Å². The average Bonchev–Trinajstić information content (AvgIpc) is 3.15. The topological polar surface area (TPSA) is 114 Å². The fourth-order valence-corrected chi connectivity index (χ4v) is 6.08. The fourth-order valence-electron chi connectivity index (χ4n) is 2.98. The van der Waals surface area contributed by atoms with Crippen molar-refractivity contribution in [1.29, 1.82) is 0 Å². The highest BCUT2D eigenvalue weighted by Crippen LogP contribution is 2.22.